The fraction of sp³-hybridized carbons (Fsp3) is 0.320. The van der Waals surface area contributed by atoms with Crippen molar-refractivity contribution in [3.05, 3.63) is 64.7 Å². The number of nitrogens with zero attached hydrogens (tertiary/aromatic N) is 2. The molecule has 1 aliphatic heterocycles. The normalized spacial score (nSPS) is 15.5. The summed E-state index contributed by atoms with van der Waals surface area (Å²) >= 11 is 3.09. The summed E-state index contributed by atoms with van der Waals surface area (Å²) in [5.74, 6) is 1.64. The first kappa shape index (κ1) is 23.3. The molecule has 1 aliphatic rings. The van der Waals surface area contributed by atoms with Crippen LogP contribution in [0, 0.1) is 13.8 Å². The Bertz CT molecular complexity index is 1160. The van der Waals surface area contributed by atoms with Crippen molar-refractivity contribution in [2.45, 2.75) is 33.2 Å². The highest BCUT2D eigenvalue weighted by atomic mass is 32.2. The highest BCUT2D eigenvalue weighted by Gasteiger charge is 2.34. The summed E-state index contributed by atoms with van der Waals surface area (Å²) in [4.78, 5) is 32.3. The number of thiazole rings is 1. The summed E-state index contributed by atoms with van der Waals surface area (Å²) in [7, 11) is 0. The smallest absolute Gasteiger partial charge is 0.248 e. The molecule has 33 heavy (non-hydrogen) atoms. The van der Waals surface area contributed by atoms with E-state index in [1.165, 1.54) is 16.9 Å². The van der Waals surface area contributed by atoms with Crippen LogP contribution in [0.15, 0.2) is 47.8 Å². The number of nitrogens with one attached hydrogen (secondary N) is 1. The largest absolute Gasteiger partial charge is 0.493 e. The lowest BCUT2D eigenvalue weighted by atomic mass is 10.1. The van der Waals surface area contributed by atoms with Gasteiger partial charge >= 0.3 is 0 Å². The monoisotopic (exact) mass is 481 g/mol. The molecular weight excluding hydrogens is 454 g/mol. The van der Waals surface area contributed by atoms with E-state index in [9.17, 15) is 9.59 Å². The van der Waals surface area contributed by atoms with Crippen molar-refractivity contribution >= 4 is 40.6 Å². The Hall–Kier alpha value is -2.84. The van der Waals surface area contributed by atoms with Gasteiger partial charge in [0.25, 0.3) is 0 Å². The number of hydrogen-bond acceptors (Lipinski definition) is 6. The van der Waals surface area contributed by atoms with Crippen LogP contribution in [0.1, 0.15) is 23.7 Å². The number of thioether (sulfide) groups is 1. The van der Waals surface area contributed by atoms with Crippen molar-refractivity contribution < 1.29 is 14.3 Å². The fourth-order valence-corrected chi connectivity index (χ4v) is 5.67. The molecule has 4 rings (SSSR count). The van der Waals surface area contributed by atoms with Crippen LogP contribution in [0.2, 0.25) is 0 Å². The zero-order chi connectivity index (χ0) is 23.4. The minimum atomic E-state index is -0.485. The van der Waals surface area contributed by atoms with Crippen LogP contribution in [0.4, 0.5) is 5.69 Å². The number of para-hydroxylation sites is 1. The van der Waals surface area contributed by atoms with Gasteiger partial charge in [-0.25, -0.2) is 4.98 Å². The number of benzene rings is 2. The predicted octanol–water partition coefficient (Wildman–Crippen LogP) is 4.91. The Balaban J connectivity index is 1.43. The topological polar surface area (TPSA) is 71.5 Å². The molecule has 8 heteroatoms. The maximum absolute atomic E-state index is 13.1. The molecule has 0 bridgehead atoms. The quantitative estimate of drug-likeness (QED) is 0.519. The van der Waals surface area contributed by atoms with Crippen molar-refractivity contribution in [3.63, 3.8) is 0 Å². The summed E-state index contributed by atoms with van der Waals surface area (Å²) in [5.41, 5.74) is 4.67. The average molecular weight is 482 g/mol. The molecule has 1 fully saturated rings. The molecule has 0 spiro atoms. The van der Waals surface area contributed by atoms with Crippen molar-refractivity contribution in [3.8, 4) is 16.3 Å². The van der Waals surface area contributed by atoms with Gasteiger partial charge < -0.3 is 15.0 Å². The molecule has 2 aromatic carbocycles. The Morgan fingerprint density at radius 3 is 2.79 bits per heavy atom. The molecule has 1 aromatic heterocycles. The minimum Gasteiger partial charge on any atom is -0.493 e. The van der Waals surface area contributed by atoms with Crippen molar-refractivity contribution in [1.82, 2.24) is 9.88 Å². The van der Waals surface area contributed by atoms with E-state index in [0.29, 0.717) is 23.9 Å². The van der Waals surface area contributed by atoms with Gasteiger partial charge in [0.2, 0.25) is 11.8 Å². The maximum atomic E-state index is 13.1. The number of carbonyl (C=O) groups excluding carboxylic acids is 2. The number of anilines is 1. The highest BCUT2D eigenvalue weighted by molar-refractivity contribution is 7.99. The first-order valence-electron chi connectivity index (χ1n) is 10.9. The van der Waals surface area contributed by atoms with Crippen LogP contribution in [-0.2, 0) is 16.0 Å². The third-order valence-corrected chi connectivity index (χ3v) is 7.52. The van der Waals surface area contributed by atoms with Crippen molar-refractivity contribution in [1.29, 1.82) is 0 Å². The second-order valence-corrected chi connectivity index (χ2v) is 9.78. The van der Waals surface area contributed by atoms with E-state index in [2.05, 4.69) is 10.3 Å². The Kier molecular flexibility index (Phi) is 7.35. The lowest BCUT2D eigenvalue weighted by molar-refractivity contribution is -0.135. The van der Waals surface area contributed by atoms with Gasteiger partial charge in [-0.15, -0.1) is 23.1 Å². The molecule has 1 unspecified atom stereocenters. The van der Waals surface area contributed by atoms with Gasteiger partial charge in [-0.3, -0.25) is 9.59 Å². The molecular formula is C25H27N3O3S2. The molecule has 1 atom stereocenters. The molecule has 3 aromatic rings. The molecule has 6 nitrogen and oxygen atoms in total. The summed E-state index contributed by atoms with van der Waals surface area (Å²) in [6.07, 6.45) is 0.168. The van der Waals surface area contributed by atoms with Gasteiger partial charge in [0.05, 0.1) is 30.2 Å². The van der Waals surface area contributed by atoms with E-state index in [0.717, 1.165) is 27.6 Å². The molecule has 0 aliphatic carbocycles. The average Bonchev–Trinajstić information content (AvgIpc) is 3.47. The number of aryl methyl sites for hydroxylation is 2. The van der Waals surface area contributed by atoms with Crippen molar-refractivity contribution in [2.75, 3.05) is 23.6 Å². The lowest BCUT2D eigenvalue weighted by Crippen LogP contribution is -2.45. The van der Waals surface area contributed by atoms with Crippen LogP contribution >= 0.6 is 23.1 Å². The summed E-state index contributed by atoms with van der Waals surface area (Å²) in [6.45, 7) is 6.57. The van der Waals surface area contributed by atoms with Gasteiger partial charge in [0.1, 0.15) is 16.8 Å². The van der Waals surface area contributed by atoms with E-state index < -0.39 is 6.04 Å². The van der Waals surface area contributed by atoms with E-state index in [1.807, 2.05) is 68.6 Å². The van der Waals surface area contributed by atoms with E-state index in [-0.39, 0.29) is 18.2 Å². The molecule has 1 saturated heterocycles. The zero-order valence-electron chi connectivity index (χ0n) is 19.0. The van der Waals surface area contributed by atoms with E-state index in [4.69, 9.17) is 4.74 Å². The van der Waals surface area contributed by atoms with Crippen LogP contribution in [0.3, 0.4) is 0 Å². The number of hydrogen-bond donors (Lipinski definition) is 1. The number of aromatic nitrogens is 1. The summed E-state index contributed by atoms with van der Waals surface area (Å²) in [5, 5.41) is 5.70. The van der Waals surface area contributed by atoms with Crippen LogP contribution in [0.25, 0.3) is 10.6 Å². The minimum absolute atomic E-state index is 0.0878. The Morgan fingerprint density at radius 1 is 1.18 bits per heavy atom. The van der Waals surface area contributed by atoms with Gasteiger partial charge in [-0.2, -0.15) is 0 Å². The van der Waals surface area contributed by atoms with Gasteiger partial charge in [-0.1, -0.05) is 18.2 Å². The lowest BCUT2D eigenvalue weighted by Gasteiger charge is -2.23. The second-order valence-electron chi connectivity index (χ2n) is 7.92. The summed E-state index contributed by atoms with van der Waals surface area (Å²) in [6, 6.07) is 13.1. The molecule has 2 amide bonds. The first-order valence-corrected chi connectivity index (χ1v) is 12.9. The van der Waals surface area contributed by atoms with Gasteiger partial charge in [0, 0.05) is 16.8 Å². The van der Waals surface area contributed by atoms with Gasteiger partial charge in [0.15, 0.2) is 0 Å². The number of rotatable bonds is 7. The van der Waals surface area contributed by atoms with Crippen LogP contribution in [-0.4, -0.2) is 46.0 Å². The first-order chi connectivity index (χ1) is 16.0. The van der Waals surface area contributed by atoms with Crippen molar-refractivity contribution in [2.24, 2.45) is 0 Å². The van der Waals surface area contributed by atoms with E-state index >= 15 is 0 Å². The maximum Gasteiger partial charge on any atom is 0.248 e. The number of ether oxygens (including phenoxy) is 1. The summed E-state index contributed by atoms with van der Waals surface area (Å²) < 4.78 is 5.71. The third kappa shape index (κ3) is 5.39. The number of carbonyl (C=O) groups is 2. The SMILES string of the molecule is CCOc1ccccc1-c1nc(CC(=O)N2CSCC2C(=O)Nc2ccc(C)c(C)c2)cs1. The third-order valence-electron chi connectivity index (χ3n) is 5.58. The second kappa shape index (κ2) is 10.4. The Morgan fingerprint density at radius 2 is 2.00 bits per heavy atom. The Labute approximate surface area is 202 Å². The molecule has 1 N–H and O–H groups in total. The van der Waals surface area contributed by atoms with Crippen LogP contribution in [0.5, 0.6) is 5.75 Å². The standard InChI is InChI=1S/C25H27N3O3S2/c1-4-31-22-8-6-5-7-20(22)25-27-19(13-33-25)12-23(29)28-15-32-14-21(28)24(30)26-18-10-9-16(2)17(3)11-18/h5-11,13,21H,4,12,14-15H2,1-3H3,(H,26,30). The van der Waals surface area contributed by atoms with Gasteiger partial charge in [-0.05, 0) is 56.2 Å². The molecule has 0 radical (unpaired) electrons. The zero-order valence-corrected chi connectivity index (χ0v) is 20.6. The van der Waals surface area contributed by atoms with E-state index in [1.54, 1.807) is 16.7 Å². The molecule has 0 saturated carbocycles. The number of amides is 2. The fourth-order valence-electron chi connectivity index (χ4n) is 3.64. The predicted molar refractivity (Wildman–Crippen MR) is 135 cm³/mol. The van der Waals surface area contributed by atoms with Crippen LogP contribution < -0.4 is 10.1 Å². The molecule has 172 valence electrons. The highest BCUT2D eigenvalue weighted by Crippen LogP contribution is 2.32. The molecule has 2 heterocycles.